The van der Waals surface area contributed by atoms with Gasteiger partial charge in [0.2, 0.25) is 0 Å². The molecular formula is C16H19N5. The molecule has 1 atom stereocenters. The fourth-order valence-electron chi connectivity index (χ4n) is 2.51. The van der Waals surface area contributed by atoms with Gasteiger partial charge in [-0.3, -0.25) is 9.78 Å². The number of rotatable bonds is 4. The molecule has 0 aliphatic carbocycles. The molecule has 1 aromatic carbocycles. The zero-order valence-corrected chi connectivity index (χ0v) is 12.5. The van der Waals surface area contributed by atoms with Gasteiger partial charge in [0, 0.05) is 12.1 Å². The topological polar surface area (TPSA) is 59.4 Å². The number of benzene rings is 1. The van der Waals surface area contributed by atoms with E-state index in [-0.39, 0.29) is 6.04 Å². The van der Waals surface area contributed by atoms with E-state index in [9.17, 15) is 0 Å². The molecule has 0 bridgehead atoms. The highest BCUT2D eigenvalue weighted by Crippen LogP contribution is 2.17. The minimum Gasteiger partial charge on any atom is -0.263 e. The largest absolute Gasteiger partial charge is 0.263 e. The van der Waals surface area contributed by atoms with Crippen molar-refractivity contribution in [3.63, 3.8) is 0 Å². The van der Waals surface area contributed by atoms with Gasteiger partial charge in [0.15, 0.2) is 5.82 Å². The Morgan fingerprint density at radius 2 is 1.95 bits per heavy atom. The molecule has 0 spiro atoms. The first-order chi connectivity index (χ1) is 10.1. The summed E-state index contributed by atoms with van der Waals surface area (Å²) in [6.45, 7) is 6.11. The minimum atomic E-state index is 0.0273. The molecule has 1 N–H and O–H groups in total. The van der Waals surface area contributed by atoms with E-state index in [1.807, 2.05) is 36.7 Å². The van der Waals surface area contributed by atoms with Gasteiger partial charge in [-0.15, -0.1) is 0 Å². The van der Waals surface area contributed by atoms with Crippen molar-refractivity contribution in [2.24, 2.45) is 0 Å². The van der Waals surface area contributed by atoms with Crippen molar-refractivity contribution in [1.29, 1.82) is 0 Å². The van der Waals surface area contributed by atoms with Crippen LogP contribution in [0.15, 0.2) is 36.4 Å². The molecule has 2 aromatic heterocycles. The molecule has 2 heterocycles. The van der Waals surface area contributed by atoms with Crippen LogP contribution in [0.4, 0.5) is 0 Å². The summed E-state index contributed by atoms with van der Waals surface area (Å²) in [5, 5.41) is 11.9. The molecule has 3 aromatic rings. The summed E-state index contributed by atoms with van der Waals surface area (Å²) < 4.78 is 1.96. The zero-order valence-electron chi connectivity index (χ0n) is 12.5. The third-order valence-electron chi connectivity index (χ3n) is 3.55. The van der Waals surface area contributed by atoms with Gasteiger partial charge < -0.3 is 0 Å². The number of nitrogens with zero attached hydrogens (tertiary/aromatic N) is 4. The highest BCUT2D eigenvalue weighted by molar-refractivity contribution is 5.19. The van der Waals surface area contributed by atoms with Crippen LogP contribution < -0.4 is 0 Å². The van der Waals surface area contributed by atoms with E-state index < -0.39 is 0 Å². The molecule has 0 radical (unpaired) electrons. The van der Waals surface area contributed by atoms with Crippen molar-refractivity contribution in [2.75, 3.05) is 0 Å². The Morgan fingerprint density at radius 3 is 2.62 bits per heavy atom. The van der Waals surface area contributed by atoms with Crippen LogP contribution in [0.25, 0.3) is 0 Å². The maximum Gasteiger partial charge on any atom is 0.174 e. The van der Waals surface area contributed by atoms with Crippen molar-refractivity contribution >= 4 is 0 Å². The third kappa shape index (κ3) is 2.86. The Kier molecular flexibility index (Phi) is 3.56. The Bertz CT molecular complexity index is 726. The molecule has 5 nitrogen and oxygen atoms in total. The number of H-pyrrole nitrogens is 1. The van der Waals surface area contributed by atoms with Crippen molar-refractivity contribution in [2.45, 2.75) is 33.2 Å². The average molecular weight is 281 g/mol. The molecule has 0 saturated carbocycles. The molecule has 0 saturated heterocycles. The summed E-state index contributed by atoms with van der Waals surface area (Å²) in [6, 6.07) is 12.4. The van der Waals surface area contributed by atoms with Gasteiger partial charge in [0.1, 0.15) is 11.9 Å². The number of aromatic nitrogens is 5. The molecule has 5 heteroatoms. The SMILES string of the molecule is Cc1cc(C)n(C(C)c2n[nH]c(Cc3ccccc3)n2)n1. The lowest BCUT2D eigenvalue weighted by Crippen LogP contribution is -2.12. The molecule has 0 amide bonds. The molecular weight excluding hydrogens is 262 g/mol. The molecule has 21 heavy (non-hydrogen) atoms. The van der Waals surface area contributed by atoms with Gasteiger partial charge in [-0.1, -0.05) is 30.3 Å². The monoisotopic (exact) mass is 281 g/mol. The molecule has 0 aliphatic rings. The van der Waals surface area contributed by atoms with Crippen molar-refractivity contribution in [3.05, 3.63) is 65.0 Å². The summed E-state index contributed by atoms with van der Waals surface area (Å²) >= 11 is 0. The lowest BCUT2D eigenvalue weighted by Gasteiger charge is -2.10. The minimum absolute atomic E-state index is 0.0273. The first-order valence-electron chi connectivity index (χ1n) is 7.11. The zero-order chi connectivity index (χ0) is 14.8. The number of hydrogen-bond donors (Lipinski definition) is 1. The van der Waals surface area contributed by atoms with Crippen LogP contribution in [0.1, 0.15) is 41.6 Å². The summed E-state index contributed by atoms with van der Waals surface area (Å²) in [6.07, 6.45) is 0.762. The van der Waals surface area contributed by atoms with Crippen molar-refractivity contribution in [3.8, 4) is 0 Å². The normalized spacial score (nSPS) is 12.5. The predicted molar refractivity (Wildman–Crippen MR) is 81.1 cm³/mol. The van der Waals surface area contributed by atoms with Crippen LogP contribution >= 0.6 is 0 Å². The van der Waals surface area contributed by atoms with Gasteiger partial charge in [-0.2, -0.15) is 10.2 Å². The van der Waals surface area contributed by atoms with E-state index in [4.69, 9.17) is 0 Å². The smallest absolute Gasteiger partial charge is 0.174 e. The summed E-state index contributed by atoms with van der Waals surface area (Å²) in [7, 11) is 0. The Hall–Kier alpha value is -2.43. The van der Waals surface area contributed by atoms with Gasteiger partial charge in [-0.05, 0) is 32.4 Å². The van der Waals surface area contributed by atoms with E-state index in [2.05, 4.69) is 45.4 Å². The molecule has 108 valence electrons. The van der Waals surface area contributed by atoms with E-state index in [1.165, 1.54) is 5.56 Å². The van der Waals surface area contributed by atoms with Crippen LogP contribution in [0.2, 0.25) is 0 Å². The standard InChI is InChI=1S/C16H19N5/c1-11-9-12(2)21(20-11)13(3)16-17-15(18-19-16)10-14-7-5-4-6-8-14/h4-9,13H,10H2,1-3H3,(H,17,18,19). The van der Waals surface area contributed by atoms with Gasteiger partial charge in [-0.25, -0.2) is 4.98 Å². The third-order valence-corrected chi connectivity index (χ3v) is 3.55. The highest BCUT2D eigenvalue weighted by Gasteiger charge is 2.16. The molecule has 0 fully saturated rings. The lowest BCUT2D eigenvalue weighted by molar-refractivity contribution is 0.522. The first-order valence-corrected chi connectivity index (χ1v) is 7.11. The quantitative estimate of drug-likeness (QED) is 0.800. The van der Waals surface area contributed by atoms with Gasteiger partial charge in [0.25, 0.3) is 0 Å². The molecule has 1 unspecified atom stereocenters. The van der Waals surface area contributed by atoms with Crippen LogP contribution in [0.3, 0.4) is 0 Å². The fraction of sp³-hybridized carbons (Fsp3) is 0.312. The van der Waals surface area contributed by atoms with Crippen LogP contribution in [0, 0.1) is 13.8 Å². The second kappa shape index (κ2) is 5.52. The second-order valence-electron chi connectivity index (χ2n) is 5.35. The van der Waals surface area contributed by atoms with Crippen LogP contribution in [-0.4, -0.2) is 25.0 Å². The van der Waals surface area contributed by atoms with Gasteiger partial charge >= 0.3 is 0 Å². The maximum atomic E-state index is 4.60. The summed E-state index contributed by atoms with van der Waals surface area (Å²) in [5.41, 5.74) is 3.35. The Labute approximate surface area is 124 Å². The van der Waals surface area contributed by atoms with Crippen molar-refractivity contribution in [1.82, 2.24) is 25.0 Å². The Balaban J connectivity index is 1.80. The first kappa shape index (κ1) is 13.5. The molecule has 3 rings (SSSR count). The fourth-order valence-corrected chi connectivity index (χ4v) is 2.51. The summed E-state index contributed by atoms with van der Waals surface area (Å²) in [4.78, 5) is 4.60. The van der Waals surface area contributed by atoms with E-state index in [1.54, 1.807) is 0 Å². The maximum absolute atomic E-state index is 4.60. The van der Waals surface area contributed by atoms with Crippen LogP contribution in [0.5, 0.6) is 0 Å². The average Bonchev–Trinajstić information content (AvgIpc) is 3.06. The van der Waals surface area contributed by atoms with Crippen molar-refractivity contribution < 1.29 is 0 Å². The van der Waals surface area contributed by atoms with E-state index >= 15 is 0 Å². The predicted octanol–water partition coefficient (Wildman–Crippen LogP) is 2.82. The molecule has 0 aliphatic heterocycles. The van der Waals surface area contributed by atoms with E-state index in [0.717, 1.165) is 29.5 Å². The van der Waals surface area contributed by atoms with Crippen LogP contribution in [-0.2, 0) is 6.42 Å². The second-order valence-corrected chi connectivity index (χ2v) is 5.35. The van der Waals surface area contributed by atoms with E-state index in [0.29, 0.717) is 0 Å². The summed E-state index contributed by atoms with van der Waals surface area (Å²) in [5.74, 6) is 1.65. The lowest BCUT2D eigenvalue weighted by atomic mass is 10.1. The number of aromatic amines is 1. The highest BCUT2D eigenvalue weighted by atomic mass is 15.3. The number of nitrogens with one attached hydrogen (secondary N) is 1. The van der Waals surface area contributed by atoms with Gasteiger partial charge in [0.05, 0.1) is 5.69 Å². The Morgan fingerprint density at radius 1 is 1.19 bits per heavy atom. The number of aryl methyl sites for hydroxylation is 2. The number of hydrogen-bond acceptors (Lipinski definition) is 3.